The highest BCUT2D eigenvalue weighted by Gasteiger charge is 2.66. The van der Waals surface area contributed by atoms with Crippen LogP contribution in [0.25, 0.3) is 0 Å². The molecule has 3 aliphatic rings. The molecule has 2 bridgehead atoms. The standard InChI is InChI=1S/C17H23N/c18-17(13-6-2-1-3-7-13)15-9-8-14(12-15)16(17)10-4-5-11-16/h1-3,6-7,14-15H,4-5,8-12,18H2/t14-,15?,17-/m0/s1. The van der Waals surface area contributed by atoms with Gasteiger partial charge < -0.3 is 5.73 Å². The van der Waals surface area contributed by atoms with E-state index in [0.717, 1.165) is 11.8 Å². The van der Waals surface area contributed by atoms with Crippen molar-refractivity contribution < 1.29 is 0 Å². The van der Waals surface area contributed by atoms with Crippen LogP contribution in [0.1, 0.15) is 50.5 Å². The largest absolute Gasteiger partial charge is 0.321 e. The predicted octanol–water partition coefficient (Wildman–Crippen LogP) is 3.83. The van der Waals surface area contributed by atoms with Crippen LogP contribution in [0.5, 0.6) is 0 Å². The molecule has 0 aromatic heterocycles. The van der Waals surface area contributed by atoms with Crippen LogP contribution in [0.4, 0.5) is 0 Å². The van der Waals surface area contributed by atoms with Crippen LogP contribution in [0, 0.1) is 17.3 Å². The average Bonchev–Trinajstić information content (AvgIpc) is 3.11. The molecule has 0 radical (unpaired) electrons. The molecule has 96 valence electrons. The molecule has 1 spiro atoms. The zero-order chi connectivity index (χ0) is 12.2. The SMILES string of the molecule is N[C@@]1(c2ccccc2)C2CC[C@@H](C2)C12CCCC2. The number of benzene rings is 1. The van der Waals surface area contributed by atoms with Gasteiger partial charge >= 0.3 is 0 Å². The molecular formula is C17H23N. The fourth-order valence-corrected chi connectivity index (χ4v) is 5.71. The van der Waals surface area contributed by atoms with Crippen LogP contribution in [0.15, 0.2) is 30.3 Å². The second-order valence-electron chi connectivity index (χ2n) is 6.81. The minimum atomic E-state index is -0.0202. The summed E-state index contributed by atoms with van der Waals surface area (Å²) in [6.45, 7) is 0. The van der Waals surface area contributed by atoms with E-state index in [0.29, 0.717) is 5.41 Å². The molecule has 0 aliphatic heterocycles. The van der Waals surface area contributed by atoms with E-state index >= 15 is 0 Å². The van der Waals surface area contributed by atoms with Gasteiger partial charge in [-0.05, 0) is 54.9 Å². The molecule has 3 aliphatic carbocycles. The molecule has 0 heterocycles. The van der Waals surface area contributed by atoms with Gasteiger partial charge in [-0.1, -0.05) is 43.2 Å². The van der Waals surface area contributed by atoms with E-state index in [1.54, 1.807) is 0 Å². The minimum absolute atomic E-state index is 0.0202. The molecule has 0 amide bonds. The lowest BCUT2D eigenvalue weighted by molar-refractivity contribution is 0.0513. The van der Waals surface area contributed by atoms with Crippen molar-refractivity contribution in [1.29, 1.82) is 0 Å². The lowest BCUT2D eigenvalue weighted by atomic mass is 9.58. The molecule has 1 aromatic carbocycles. The van der Waals surface area contributed by atoms with E-state index in [4.69, 9.17) is 5.73 Å². The van der Waals surface area contributed by atoms with E-state index in [-0.39, 0.29) is 5.54 Å². The van der Waals surface area contributed by atoms with Crippen LogP contribution >= 0.6 is 0 Å². The van der Waals surface area contributed by atoms with Crippen molar-refractivity contribution in [2.24, 2.45) is 23.0 Å². The van der Waals surface area contributed by atoms with Gasteiger partial charge in [-0.2, -0.15) is 0 Å². The second kappa shape index (κ2) is 3.60. The lowest BCUT2D eigenvalue weighted by Gasteiger charge is -2.50. The van der Waals surface area contributed by atoms with Gasteiger partial charge in [0.2, 0.25) is 0 Å². The highest BCUT2D eigenvalue weighted by atomic mass is 14.9. The first kappa shape index (κ1) is 11.0. The molecule has 3 saturated carbocycles. The fraction of sp³-hybridized carbons (Fsp3) is 0.647. The van der Waals surface area contributed by atoms with Gasteiger partial charge in [0.15, 0.2) is 0 Å². The van der Waals surface area contributed by atoms with Crippen molar-refractivity contribution in [1.82, 2.24) is 0 Å². The Bertz CT molecular complexity index is 446. The average molecular weight is 241 g/mol. The second-order valence-corrected chi connectivity index (χ2v) is 6.81. The van der Waals surface area contributed by atoms with Gasteiger partial charge in [0, 0.05) is 5.54 Å². The smallest absolute Gasteiger partial charge is 0.0497 e. The van der Waals surface area contributed by atoms with Crippen LogP contribution in [-0.2, 0) is 5.54 Å². The molecule has 1 nitrogen and oxygen atoms in total. The summed E-state index contributed by atoms with van der Waals surface area (Å²) >= 11 is 0. The molecule has 4 rings (SSSR count). The fourth-order valence-electron chi connectivity index (χ4n) is 5.71. The van der Waals surface area contributed by atoms with E-state index in [1.807, 2.05) is 0 Å². The number of nitrogens with two attached hydrogens (primary N) is 1. The Morgan fingerprint density at radius 2 is 1.61 bits per heavy atom. The van der Waals surface area contributed by atoms with Crippen molar-refractivity contribution in [3.63, 3.8) is 0 Å². The van der Waals surface area contributed by atoms with Gasteiger partial charge in [0.25, 0.3) is 0 Å². The molecule has 2 N–H and O–H groups in total. The third kappa shape index (κ3) is 1.12. The Labute approximate surface area is 110 Å². The summed E-state index contributed by atoms with van der Waals surface area (Å²) in [6, 6.07) is 11.0. The Hall–Kier alpha value is -0.820. The maximum atomic E-state index is 7.11. The maximum absolute atomic E-state index is 7.11. The van der Waals surface area contributed by atoms with E-state index in [9.17, 15) is 0 Å². The molecule has 3 fully saturated rings. The monoisotopic (exact) mass is 241 g/mol. The van der Waals surface area contributed by atoms with Gasteiger partial charge in [-0.25, -0.2) is 0 Å². The Morgan fingerprint density at radius 3 is 2.33 bits per heavy atom. The Balaban J connectivity index is 1.87. The van der Waals surface area contributed by atoms with E-state index < -0.39 is 0 Å². The van der Waals surface area contributed by atoms with Gasteiger partial charge in [0.1, 0.15) is 0 Å². The van der Waals surface area contributed by atoms with Crippen molar-refractivity contribution in [2.75, 3.05) is 0 Å². The topological polar surface area (TPSA) is 26.0 Å². The summed E-state index contributed by atoms with van der Waals surface area (Å²) in [5, 5.41) is 0. The minimum Gasteiger partial charge on any atom is -0.321 e. The third-order valence-corrected chi connectivity index (χ3v) is 6.43. The third-order valence-electron chi connectivity index (χ3n) is 6.43. The van der Waals surface area contributed by atoms with Gasteiger partial charge in [0.05, 0.1) is 0 Å². The van der Waals surface area contributed by atoms with Crippen molar-refractivity contribution in [3.8, 4) is 0 Å². The van der Waals surface area contributed by atoms with Crippen LogP contribution in [-0.4, -0.2) is 0 Å². The van der Waals surface area contributed by atoms with Crippen molar-refractivity contribution >= 4 is 0 Å². The summed E-state index contributed by atoms with van der Waals surface area (Å²) in [5.41, 5.74) is 8.94. The highest BCUT2D eigenvalue weighted by Crippen LogP contribution is 2.70. The van der Waals surface area contributed by atoms with Crippen molar-refractivity contribution in [2.45, 2.75) is 50.5 Å². The van der Waals surface area contributed by atoms with E-state index in [2.05, 4.69) is 30.3 Å². The summed E-state index contributed by atoms with van der Waals surface area (Å²) in [5.74, 6) is 1.65. The quantitative estimate of drug-likeness (QED) is 0.794. The molecule has 3 atom stereocenters. The zero-order valence-electron chi connectivity index (χ0n) is 11.1. The molecule has 1 aromatic rings. The van der Waals surface area contributed by atoms with Crippen LogP contribution in [0.2, 0.25) is 0 Å². The summed E-state index contributed by atoms with van der Waals surface area (Å²) in [4.78, 5) is 0. The predicted molar refractivity (Wildman–Crippen MR) is 74.0 cm³/mol. The molecule has 1 heteroatoms. The number of rotatable bonds is 1. The number of fused-ring (bicyclic) bond motifs is 3. The van der Waals surface area contributed by atoms with Crippen LogP contribution < -0.4 is 5.73 Å². The van der Waals surface area contributed by atoms with E-state index in [1.165, 1.54) is 50.5 Å². The van der Waals surface area contributed by atoms with Gasteiger partial charge in [-0.15, -0.1) is 0 Å². The molecule has 0 saturated heterocycles. The zero-order valence-corrected chi connectivity index (χ0v) is 11.1. The highest BCUT2D eigenvalue weighted by molar-refractivity contribution is 5.34. The first-order valence-corrected chi connectivity index (χ1v) is 7.62. The Kier molecular flexibility index (Phi) is 2.21. The molecular weight excluding hydrogens is 218 g/mol. The first-order valence-electron chi connectivity index (χ1n) is 7.62. The number of hydrogen-bond donors (Lipinski definition) is 1. The summed E-state index contributed by atoms with van der Waals surface area (Å²) in [7, 11) is 0. The summed E-state index contributed by atoms with van der Waals surface area (Å²) in [6.07, 6.45) is 9.74. The van der Waals surface area contributed by atoms with Gasteiger partial charge in [-0.3, -0.25) is 0 Å². The van der Waals surface area contributed by atoms with Crippen molar-refractivity contribution in [3.05, 3.63) is 35.9 Å². The normalized spacial score (nSPS) is 40.7. The Morgan fingerprint density at radius 1 is 0.944 bits per heavy atom. The lowest BCUT2D eigenvalue weighted by Crippen LogP contribution is -2.55. The molecule has 18 heavy (non-hydrogen) atoms. The maximum Gasteiger partial charge on any atom is 0.0497 e. The molecule has 1 unspecified atom stereocenters. The summed E-state index contributed by atoms with van der Waals surface area (Å²) < 4.78 is 0. The van der Waals surface area contributed by atoms with Crippen LogP contribution in [0.3, 0.4) is 0 Å². The number of hydrogen-bond acceptors (Lipinski definition) is 1. The first-order chi connectivity index (χ1) is 8.77.